The lowest BCUT2D eigenvalue weighted by atomic mass is 10.0. The fourth-order valence-corrected chi connectivity index (χ4v) is 3.51. The molecule has 0 saturated carbocycles. The fraction of sp³-hybridized carbons (Fsp3) is 0.600. The second kappa shape index (κ2) is 4.69. The topological polar surface area (TPSA) is 92.5 Å². The number of carboxylic acids is 1. The van der Waals surface area contributed by atoms with Crippen molar-refractivity contribution in [2.75, 3.05) is 13.1 Å². The van der Waals surface area contributed by atoms with Gasteiger partial charge < -0.3 is 9.67 Å². The molecule has 1 aromatic rings. The number of aryl methyl sites for hydroxylation is 1. The number of hydrogen-bond donors (Lipinski definition) is 1. The molecule has 8 heteroatoms. The van der Waals surface area contributed by atoms with E-state index in [2.05, 4.69) is 4.98 Å². The highest BCUT2D eigenvalue weighted by molar-refractivity contribution is 7.89. The summed E-state index contributed by atoms with van der Waals surface area (Å²) in [7, 11) is -1.99. The van der Waals surface area contributed by atoms with E-state index in [9.17, 15) is 13.2 Å². The van der Waals surface area contributed by atoms with Crippen molar-refractivity contribution < 1.29 is 18.3 Å². The number of imidazole rings is 1. The number of carbonyl (C=O) groups is 1. The van der Waals surface area contributed by atoms with Crippen LogP contribution in [0.1, 0.15) is 12.8 Å². The van der Waals surface area contributed by atoms with Crippen LogP contribution >= 0.6 is 0 Å². The van der Waals surface area contributed by atoms with Gasteiger partial charge in [0.2, 0.25) is 0 Å². The monoisotopic (exact) mass is 273 g/mol. The molecule has 2 rings (SSSR count). The zero-order valence-electron chi connectivity index (χ0n) is 9.98. The molecule has 1 N–H and O–H groups in total. The molecule has 0 aliphatic carbocycles. The number of carboxylic acid groups (broad SMARTS) is 1. The summed E-state index contributed by atoms with van der Waals surface area (Å²) in [5, 5.41) is 8.92. The Kier molecular flexibility index (Phi) is 3.40. The maximum atomic E-state index is 12.2. The highest BCUT2D eigenvalue weighted by Crippen LogP contribution is 2.22. The number of rotatable bonds is 3. The standard InChI is InChI=1S/C10H15N3O4S/c1-12-6-9(11-7-12)18(16,17)13-4-2-3-8(5-13)10(14)15/h6-8H,2-5H2,1H3,(H,14,15)/t8-/m0/s1. The summed E-state index contributed by atoms with van der Waals surface area (Å²) < 4.78 is 27.2. The van der Waals surface area contributed by atoms with Gasteiger partial charge in [-0.3, -0.25) is 4.79 Å². The van der Waals surface area contributed by atoms with Crippen LogP contribution in [0.25, 0.3) is 0 Å². The van der Waals surface area contributed by atoms with Gasteiger partial charge in [0.1, 0.15) is 0 Å². The first-order valence-electron chi connectivity index (χ1n) is 5.62. The van der Waals surface area contributed by atoms with Crippen LogP contribution < -0.4 is 0 Å². The van der Waals surface area contributed by atoms with E-state index in [0.29, 0.717) is 19.4 Å². The molecule has 1 aromatic heterocycles. The van der Waals surface area contributed by atoms with Gasteiger partial charge in [-0.15, -0.1) is 0 Å². The Labute approximate surface area is 105 Å². The Morgan fingerprint density at radius 3 is 2.83 bits per heavy atom. The summed E-state index contributed by atoms with van der Waals surface area (Å²) in [4.78, 5) is 14.7. The van der Waals surface area contributed by atoms with Crippen LogP contribution in [-0.2, 0) is 21.9 Å². The molecule has 0 spiro atoms. The van der Waals surface area contributed by atoms with E-state index in [0.717, 1.165) is 0 Å². The van der Waals surface area contributed by atoms with Gasteiger partial charge in [0.15, 0.2) is 5.03 Å². The summed E-state index contributed by atoms with van der Waals surface area (Å²) in [6.07, 6.45) is 3.90. The average molecular weight is 273 g/mol. The fourth-order valence-electron chi connectivity index (χ4n) is 2.02. The zero-order valence-corrected chi connectivity index (χ0v) is 10.8. The van der Waals surface area contributed by atoms with Crippen LogP contribution in [0.4, 0.5) is 0 Å². The van der Waals surface area contributed by atoms with Crippen molar-refractivity contribution in [2.24, 2.45) is 13.0 Å². The molecule has 0 bridgehead atoms. The van der Waals surface area contributed by atoms with Crippen LogP contribution in [0.2, 0.25) is 0 Å². The third kappa shape index (κ3) is 2.39. The molecule has 0 amide bonds. The molecule has 0 unspecified atom stereocenters. The zero-order chi connectivity index (χ0) is 13.3. The lowest BCUT2D eigenvalue weighted by molar-refractivity contribution is -0.142. The highest BCUT2D eigenvalue weighted by atomic mass is 32.2. The Bertz CT molecular complexity index is 551. The van der Waals surface area contributed by atoms with Crippen molar-refractivity contribution >= 4 is 16.0 Å². The van der Waals surface area contributed by atoms with Crippen LogP contribution in [0, 0.1) is 5.92 Å². The number of aliphatic carboxylic acids is 1. The van der Waals surface area contributed by atoms with Gasteiger partial charge in [-0.2, -0.15) is 4.31 Å². The summed E-state index contributed by atoms with van der Waals surface area (Å²) in [6, 6.07) is 0. The summed E-state index contributed by atoms with van der Waals surface area (Å²) in [6.45, 7) is 0.372. The Morgan fingerprint density at radius 1 is 1.56 bits per heavy atom. The molecule has 2 heterocycles. The molecule has 1 aliphatic rings. The molecule has 1 aliphatic heterocycles. The Hall–Kier alpha value is -1.41. The minimum atomic E-state index is -3.67. The van der Waals surface area contributed by atoms with Crippen LogP contribution in [0.5, 0.6) is 0 Å². The summed E-state index contributed by atoms with van der Waals surface area (Å²) in [5.41, 5.74) is 0. The van der Waals surface area contributed by atoms with Gasteiger partial charge in [-0.25, -0.2) is 13.4 Å². The van der Waals surface area contributed by atoms with E-state index in [1.165, 1.54) is 16.8 Å². The second-order valence-corrected chi connectivity index (χ2v) is 6.30. The Balaban J connectivity index is 2.22. The minimum absolute atomic E-state index is 0.0221. The predicted molar refractivity (Wildman–Crippen MR) is 62.3 cm³/mol. The second-order valence-electron chi connectivity index (χ2n) is 4.42. The van der Waals surface area contributed by atoms with Gasteiger partial charge in [0.05, 0.1) is 12.2 Å². The van der Waals surface area contributed by atoms with E-state index in [4.69, 9.17) is 5.11 Å². The predicted octanol–water partition coefficient (Wildman–Crippen LogP) is -0.0946. The van der Waals surface area contributed by atoms with Gasteiger partial charge in [-0.1, -0.05) is 0 Å². The molecular formula is C10H15N3O4S. The third-order valence-corrected chi connectivity index (χ3v) is 4.77. The largest absolute Gasteiger partial charge is 0.481 e. The van der Waals surface area contributed by atoms with Crippen molar-refractivity contribution in [1.29, 1.82) is 0 Å². The van der Waals surface area contributed by atoms with Gasteiger partial charge in [-0.05, 0) is 12.8 Å². The van der Waals surface area contributed by atoms with E-state index in [-0.39, 0.29) is 11.6 Å². The minimum Gasteiger partial charge on any atom is -0.481 e. The average Bonchev–Trinajstić information content (AvgIpc) is 2.77. The van der Waals surface area contributed by atoms with Crippen molar-refractivity contribution in [3.63, 3.8) is 0 Å². The molecule has 1 saturated heterocycles. The van der Waals surface area contributed by atoms with E-state index < -0.39 is 21.9 Å². The van der Waals surface area contributed by atoms with Crippen LogP contribution in [-0.4, -0.2) is 46.4 Å². The van der Waals surface area contributed by atoms with Crippen molar-refractivity contribution in [2.45, 2.75) is 17.9 Å². The van der Waals surface area contributed by atoms with Gasteiger partial charge in [0.25, 0.3) is 10.0 Å². The molecule has 1 fully saturated rings. The first-order valence-corrected chi connectivity index (χ1v) is 7.06. The first-order chi connectivity index (χ1) is 8.41. The number of nitrogens with zero attached hydrogens (tertiary/aromatic N) is 3. The van der Waals surface area contributed by atoms with Crippen molar-refractivity contribution in [1.82, 2.24) is 13.9 Å². The maximum Gasteiger partial charge on any atom is 0.307 e. The van der Waals surface area contributed by atoms with E-state index in [1.54, 1.807) is 11.6 Å². The molecule has 0 aromatic carbocycles. The third-order valence-electron chi connectivity index (χ3n) is 3.02. The lowest BCUT2D eigenvalue weighted by Crippen LogP contribution is -2.42. The molecule has 18 heavy (non-hydrogen) atoms. The number of sulfonamides is 1. The number of piperidine rings is 1. The van der Waals surface area contributed by atoms with E-state index in [1.807, 2.05) is 0 Å². The smallest absolute Gasteiger partial charge is 0.307 e. The first kappa shape index (κ1) is 13.0. The van der Waals surface area contributed by atoms with Gasteiger partial charge in [0, 0.05) is 26.3 Å². The normalized spacial score (nSPS) is 21.9. The molecule has 7 nitrogen and oxygen atoms in total. The van der Waals surface area contributed by atoms with Gasteiger partial charge >= 0.3 is 5.97 Å². The molecule has 100 valence electrons. The Morgan fingerprint density at radius 2 is 2.28 bits per heavy atom. The summed E-state index contributed by atoms with van der Waals surface area (Å²) >= 11 is 0. The molecule has 1 atom stereocenters. The quantitative estimate of drug-likeness (QED) is 0.830. The molecular weight excluding hydrogens is 258 g/mol. The van der Waals surface area contributed by atoms with E-state index >= 15 is 0 Å². The SMILES string of the molecule is Cn1cnc(S(=O)(=O)N2CCC[C@H](C(=O)O)C2)c1. The van der Waals surface area contributed by atoms with Crippen molar-refractivity contribution in [3.05, 3.63) is 12.5 Å². The molecule has 0 radical (unpaired) electrons. The lowest BCUT2D eigenvalue weighted by Gasteiger charge is -2.29. The number of hydrogen-bond acceptors (Lipinski definition) is 4. The van der Waals surface area contributed by atoms with Crippen LogP contribution in [0.3, 0.4) is 0 Å². The van der Waals surface area contributed by atoms with Crippen molar-refractivity contribution in [3.8, 4) is 0 Å². The summed E-state index contributed by atoms with van der Waals surface area (Å²) in [5.74, 6) is -1.58. The maximum absolute atomic E-state index is 12.2. The van der Waals surface area contributed by atoms with Crippen LogP contribution in [0.15, 0.2) is 17.6 Å². The number of aromatic nitrogens is 2. The highest BCUT2D eigenvalue weighted by Gasteiger charge is 2.34.